The van der Waals surface area contributed by atoms with Crippen LogP contribution in [0.2, 0.25) is 0 Å². The van der Waals surface area contributed by atoms with Crippen molar-refractivity contribution in [3.05, 3.63) is 45.6 Å². The number of nitrogens with one attached hydrogen (secondary N) is 1. The number of nitrogens with zero attached hydrogens (tertiary/aromatic N) is 3. The molecule has 0 saturated carbocycles. The lowest BCUT2D eigenvalue weighted by atomic mass is 10.0. The predicted molar refractivity (Wildman–Crippen MR) is 80.0 cm³/mol. The number of nitro groups is 1. The Hall–Kier alpha value is -2.21. The molecule has 0 saturated heterocycles. The van der Waals surface area contributed by atoms with Crippen LogP contribution in [0.25, 0.3) is 11.3 Å². The third-order valence-electron chi connectivity index (χ3n) is 3.88. The molecule has 1 N–H and O–H groups in total. The van der Waals surface area contributed by atoms with Gasteiger partial charge in [-0.25, -0.2) is 0 Å². The SMILES string of the molecule is CCCN1CCc2[nH]nc(-c3cccc([N+](=O)[O-])c3)c2C1. The Balaban J connectivity index is 1.96. The summed E-state index contributed by atoms with van der Waals surface area (Å²) in [5, 5.41) is 18.4. The van der Waals surface area contributed by atoms with Gasteiger partial charge in [0.15, 0.2) is 0 Å². The van der Waals surface area contributed by atoms with E-state index < -0.39 is 0 Å². The van der Waals surface area contributed by atoms with E-state index in [2.05, 4.69) is 22.0 Å². The summed E-state index contributed by atoms with van der Waals surface area (Å²) in [6.07, 6.45) is 2.08. The van der Waals surface area contributed by atoms with Gasteiger partial charge in [0.1, 0.15) is 0 Å². The second-order valence-electron chi connectivity index (χ2n) is 5.36. The number of aromatic amines is 1. The number of hydrogen-bond donors (Lipinski definition) is 1. The number of rotatable bonds is 4. The highest BCUT2D eigenvalue weighted by molar-refractivity contribution is 5.66. The number of H-pyrrole nitrogens is 1. The van der Waals surface area contributed by atoms with Crippen molar-refractivity contribution in [2.75, 3.05) is 13.1 Å². The number of benzene rings is 1. The van der Waals surface area contributed by atoms with E-state index in [1.54, 1.807) is 12.1 Å². The highest BCUT2D eigenvalue weighted by Gasteiger charge is 2.22. The van der Waals surface area contributed by atoms with Gasteiger partial charge in [-0.05, 0) is 13.0 Å². The van der Waals surface area contributed by atoms with Crippen LogP contribution in [0.5, 0.6) is 0 Å². The summed E-state index contributed by atoms with van der Waals surface area (Å²) in [7, 11) is 0. The largest absolute Gasteiger partial charge is 0.299 e. The molecular weight excluding hydrogens is 268 g/mol. The molecule has 0 spiro atoms. The molecule has 0 aliphatic carbocycles. The molecule has 1 aromatic carbocycles. The van der Waals surface area contributed by atoms with Crippen LogP contribution in [0.15, 0.2) is 24.3 Å². The Morgan fingerprint density at radius 2 is 2.33 bits per heavy atom. The Bertz CT molecular complexity index is 665. The average molecular weight is 286 g/mol. The molecule has 1 aromatic heterocycles. The van der Waals surface area contributed by atoms with E-state index >= 15 is 0 Å². The molecule has 21 heavy (non-hydrogen) atoms. The van der Waals surface area contributed by atoms with Crippen molar-refractivity contribution in [3.8, 4) is 11.3 Å². The first kappa shape index (κ1) is 13.8. The zero-order chi connectivity index (χ0) is 14.8. The molecule has 0 bridgehead atoms. The van der Waals surface area contributed by atoms with Crippen molar-refractivity contribution in [1.29, 1.82) is 0 Å². The van der Waals surface area contributed by atoms with Gasteiger partial charge < -0.3 is 0 Å². The van der Waals surface area contributed by atoms with Crippen LogP contribution < -0.4 is 0 Å². The number of fused-ring (bicyclic) bond motifs is 1. The van der Waals surface area contributed by atoms with E-state index in [9.17, 15) is 10.1 Å². The zero-order valence-corrected chi connectivity index (χ0v) is 12.0. The summed E-state index contributed by atoms with van der Waals surface area (Å²) in [4.78, 5) is 13.0. The first-order chi connectivity index (χ1) is 10.2. The summed E-state index contributed by atoms with van der Waals surface area (Å²) >= 11 is 0. The topological polar surface area (TPSA) is 75.1 Å². The minimum atomic E-state index is -0.369. The van der Waals surface area contributed by atoms with Crippen molar-refractivity contribution in [2.45, 2.75) is 26.3 Å². The molecular formula is C15H18N4O2. The lowest BCUT2D eigenvalue weighted by molar-refractivity contribution is -0.384. The van der Waals surface area contributed by atoms with Crippen LogP contribution in [0.1, 0.15) is 24.6 Å². The maximum absolute atomic E-state index is 10.9. The summed E-state index contributed by atoms with van der Waals surface area (Å²) in [6.45, 7) is 5.14. The van der Waals surface area contributed by atoms with Crippen molar-refractivity contribution in [1.82, 2.24) is 15.1 Å². The third-order valence-corrected chi connectivity index (χ3v) is 3.88. The average Bonchev–Trinajstić information content (AvgIpc) is 2.91. The van der Waals surface area contributed by atoms with Crippen molar-refractivity contribution >= 4 is 5.69 Å². The van der Waals surface area contributed by atoms with E-state index in [1.165, 1.54) is 11.6 Å². The fraction of sp³-hybridized carbons (Fsp3) is 0.400. The third kappa shape index (κ3) is 2.67. The quantitative estimate of drug-likeness (QED) is 0.692. The van der Waals surface area contributed by atoms with Gasteiger partial charge in [-0.15, -0.1) is 0 Å². The van der Waals surface area contributed by atoms with E-state index in [-0.39, 0.29) is 10.6 Å². The molecule has 0 atom stereocenters. The second-order valence-corrected chi connectivity index (χ2v) is 5.36. The molecule has 110 valence electrons. The van der Waals surface area contributed by atoms with Crippen LogP contribution in [0, 0.1) is 10.1 Å². The van der Waals surface area contributed by atoms with Gasteiger partial charge in [0, 0.05) is 48.5 Å². The predicted octanol–water partition coefficient (Wildman–Crippen LogP) is 2.75. The normalized spacial score (nSPS) is 14.9. The molecule has 6 heteroatoms. The molecule has 0 unspecified atom stereocenters. The van der Waals surface area contributed by atoms with Gasteiger partial charge >= 0.3 is 0 Å². The Labute approximate surface area is 122 Å². The second kappa shape index (κ2) is 5.65. The summed E-state index contributed by atoms with van der Waals surface area (Å²) in [6, 6.07) is 6.69. The summed E-state index contributed by atoms with van der Waals surface area (Å²) in [5.74, 6) is 0. The van der Waals surface area contributed by atoms with Gasteiger partial charge in [-0.2, -0.15) is 5.10 Å². The summed E-state index contributed by atoms with van der Waals surface area (Å²) < 4.78 is 0. The molecule has 1 aliphatic heterocycles. The first-order valence-corrected chi connectivity index (χ1v) is 7.22. The number of hydrogen-bond acceptors (Lipinski definition) is 4. The van der Waals surface area contributed by atoms with E-state index in [4.69, 9.17) is 0 Å². The molecule has 0 radical (unpaired) electrons. The number of non-ortho nitro benzene ring substituents is 1. The molecule has 6 nitrogen and oxygen atoms in total. The van der Waals surface area contributed by atoms with Crippen molar-refractivity contribution in [2.24, 2.45) is 0 Å². The minimum Gasteiger partial charge on any atom is -0.299 e. The van der Waals surface area contributed by atoms with Crippen molar-refractivity contribution in [3.63, 3.8) is 0 Å². The zero-order valence-electron chi connectivity index (χ0n) is 12.0. The highest BCUT2D eigenvalue weighted by Crippen LogP contribution is 2.30. The first-order valence-electron chi connectivity index (χ1n) is 7.22. The lowest BCUT2D eigenvalue weighted by Gasteiger charge is -2.26. The van der Waals surface area contributed by atoms with Crippen LogP contribution >= 0.6 is 0 Å². The van der Waals surface area contributed by atoms with Crippen molar-refractivity contribution < 1.29 is 4.92 Å². The number of nitro benzene ring substituents is 1. The fourth-order valence-corrected chi connectivity index (χ4v) is 2.86. The maximum atomic E-state index is 10.9. The maximum Gasteiger partial charge on any atom is 0.270 e. The van der Waals surface area contributed by atoms with Gasteiger partial charge in [0.2, 0.25) is 0 Å². The lowest BCUT2D eigenvalue weighted by Crippen LogP contribution is -2.31. The van der Waals surface area contributed by atoms with Crippen LogP contribution in [-0.2, 0) is 13.0 Å². The standard InChI is InChI=1S/C15H18N4O2/c1-2-7-18-8-6-14-13(10-18)15(17-16-14)11-4-3-5-12(9-11)19(20)21/h3-5,9H,2,6-8,10H2,1H3,(H,16,17). The Morgan fingerprint density at radius 3 is 3.10 bits per heavy atom. The highest BCUT2D eigenvalue weighted by atomic mass is 16.6. The van der Waals surface area contributed by atoms with Crippen LogP contribution in [0.4, 0.5) is 5.69 Å². The van der Waals surface area contributed by atoms with Gasteiger partial charge in [0.05, 0.1) is 10.6 Å². The molecule has 0 amide bonds. The Morgan fingerprint density at radius 1 is 1.48 bits per heavy atom. The molecule has 2 heterocycles. The van der Waals surface area contributed by atoms with E-state index in [1.807, 2.05) is 6.07 Å². The molecule has 0 fully saturated rings. The minimum absolute atomic E-state index is 0.102. The van der Waals surface area contributed by atoms with Gasteiger partial charge in [0.25, 0.3) is 5.69 Å². The van der Waals surface area contributed by atoms with E-state index in [0.29, 0.717) is 0 Å². The molecule has 2 aromatic rings. The van der Waals surface area contributed by atoms with Gasteiger partial charge in [-0.1, -0.05) is 19.1 Å². The fourth-order valence-electron chi connectivity index (χ4n) is 2.86. The van der Waals surface area contributed by atoms with Crippen LogP contribution in [-0.4, -0.2) is 33.1 Å². The molecule has 1 aliphatic rings. The Kier molecular flexibility index (Phi) is 3.70. The van der Waals surface area contributed by atoms with Gasteiger partial charge in [-0.3, -0.25) is 20.1 Å². The monoisotopic (exact) mass is 286 g/mol. The van der Waals surface area contributed by atoms with E-state index in [0.717, 1.165) is 49.4 Å². The smallest absolute Gasteiger partial charge is 0.270 e. The number of aromatic nitrogens is 2. The van der Waals surface area contributed by atoms with Crippen LogP contribution in [0.3, 0.4) is 0 Å². The molecule has 3 rings (SSSR count). The summed E-state index contributed by atoms with van der Waals surface area (Å²) in [5.41, 5.74) is 4.08.